The number of nitrogens with two attached hydrogens (primary N) is 1. The number of aromatic nitrogens is 4. The van der Waals surface area contributed by atoms with Gasteiger partial charge in [0.1, 0.15) is 12.1 Å². The van der Waals surface area contributed by atoms with Crippen LogP contribution in [0.1, 0.15) is 10.4 Å². The van der Waals surface area contributed by atoms with Crippen LogP contribution in [-0.2, 0) is 0 Å². The van der Waals surface area contributed by atoms with Gasteiger partial charge >= 0.3 is 0 Å². The van der Waals surface area contributed by atoms with E-state index in [9.17, 15) is 4.79 Å². The van der Waals surface area contributed by atoms with E-state index in [1.54, 1.807) is 24.0 Å². The predicted octanol–water partition coefficient (Wildman–Crippen LogP) is 5.39. The highest BCUT2D eigenvalue weighted by atomic mass is 32.1. The van der Waals surface area contributed by atoms with Crippen LogP contribution in [0.3, 0.4) is 0 Å². The van der Waals surface area contributed by atoms with Crippen LogP contribution in [0.2, 0.25) is 0 Å². The molecule has 0 saturated heterocycles. The van der Waals surface area contributed by atoms with Crippen molar-refractivity contribution in [3.63, 3.8) is 0 Å². The molecule has 1 amide bonds. The first-order chi connectivity index (χ1) is 17.1. The predicted molar refractivity (Wildman–Crippen MR) is 141 cm³/mol. The van der Waals surface area contributed by atoms with Crippen molar-refractivity contribution in [2.45, 2.75) is 0 Å². The first-order valence-corrected chi connectivity index (χ1v) is 11.7. The number of nitrogens with zero attached hydrogens (tertiary/aromatic N) is 5. The Kier molecular flexibility index (Phi) is 4.97. The molecule has 4 heterocycles. The lowest BCUT2D eigenvalue weighted by Crippen LogP contribution is -2.17. The molecule has 0 aliphatic carbocycles. The average Bonchev–Trinajstić information content (AvgIpc) is 3.34. The largest absolute Gasteiger partial charge is 0.382 e. The van der Waals surface area contributed by atoms with E-state index in [-0.39, 0.29) is 5.91 Å². The molecule has 4 aromatic heterocycles. The second-order valence-electron chi connectivity index (χ2n) is 8.00. The average molecular weight is 478 g/mol. The van der Waals surface area contributed by atoms with Gasteiger partial charge in [-0.2, -0.15) is 0 Å². The highest BCUT2D eigenvalue weighted by molar-refractivity contribution is 7.18. The zero-order valence-electron chi connectivity index (χ0n) is 18.6. The van der Waals surface area contributed by atoms with E-state index in [2.05, 4.69) is 30.2 Å². The minimum absolute atomic E-state index is 0.270. The van der Waals surface area contributed by atoms with E-state index in [0.29, 0.717) is 27.3 Å². The molecule has 2 aromatic carbocycles. The summed E-state index contributed by atoms with van der Waals surface area (Å²) in [5, 5.41) is 7.72. The lowest BCUT2D eigenvalue weighted by atomic mass is 10.1. The molecular formula is C26H19N7OS. The van der Waals surface area contributed by atoms with Crippen molar-refractivity contribution in [2.75, 3.05) is 23.0 Å². The van der Waals surface area contributed by atoms with Gasteiger partial charge in [0.2, 0.25) is 0 Å². The van der Waals surface area contributed by atoms with Crippen LogP contribution >= 0.6 is 11.3 Å². The van der Waals surface area contributed by atoms with Gasteiger partial charge in [0, 0.05) is 47.2 Å². The molecule has 6 rings (SSSR count). The summed E-state index contributed by atoms with van der Waals surface area (Å²) < 4.78 is 0.695. The molecule has 0 radical (unpaired) electrons. The lowest BCUT2D eigenvalue weighted by Gasteiger charge is -2.25. The number of carbonyl (C=O) groups is 1. The van der Waals surface area contributed by atoms with E-state index in [1.165, 1.54) is 17.7 Å². The van der Waals surface area contributed by atoms with Gasteiger partial charge < -0.3 is 16.0 Å². The molecule has 8 nitrogen and oxygen atoms in total. The Bertz CT molecular complexity index is 1740. The first kappa shape index (κ1) is 20.9. The van der Waals surface area contributed by atoms with Crippen LogP contribution in [-0.4, -0.2) is 32.9 Å². The van der Waals surface area contributed by atoms with Crippen molar-refractivity contribution in [3.05, 3.63) is 84.4 Å². The zero-order valence-corrected chi connectivity index (χ0v) is 19.5. The van der Waals surface area contributed by atoms with Crippen LogP contribution in [0.4, 0.5) is 22.9 Å². The highest BCUT2D eigenvalue weighted by Crippen LogP contribution is 2.39. The number of nitrogen functional groups attached to an aromatic ring is 1. The maximum Gasteiger partial charge on any atom is 0.258 e. The molecule has 170 valence electrons. The van der Waals surface area contributed by atoms with Gasteiger partial charge in [0.05, 0.1) is 38.4 Å². The van der Waals surface area contributed by atoms with Gasteiger partial charge in [0.15, 0.2) is 0 Å². The number of anilines is 4. The molecule has 0 fully saturated rings. The van der Waals surface area contributed by atoms with E-state index < -0.39 is 0 Å². The van der Waals surface area contributed by atoms with Crippen molar-refractivity contribution in [3.8, 4) is 0 Å². The quantitative estimate of drug-likeness (QED) is 0.350. The molecule has 0 aliphatic heterocycles. The SMILES string of the molecule is CN(c1ccc2cnccc2c1NC(=O)c1csc2c(N)ncnc12)c1cccc2ncccc12. The normalized spacial score (nSPS) is 11.2. The van der Waals surface area contributed by atoms with Gasteiger partial charge in [-0.15, -0.1) is 11.3 Å². The number of carbonyl (C=O) groups excluding carboxylic acids is 1. The number of benzene rings is 2. The Morgan fingerprint density at radius 1 is 0.971 bits per heavy atom. The Hall–Kier alpha value is -4.63. The smallest absolute Gasteiger partial charge is 0.258 e. The van der Waals surface area contributed by atoms with Crippen LogP contribution in [0.25, 0.3) is 31.9 Å². The Balaban J connectivity index is 1.50. The molecule has 6 aromatic rings. The number of pyridine rings is 2. The maximum atomic E-state index is 13.5. The van der Waals surface area contributed by atoms with E-state index >= 15 is 0 Å². The van der Waals surface area contributed by atoms with Crippen LogP contribution < -0.4 is 16.0 Å². The lowest BCUT2D eigenvalue weighted by molar-refractivity contribution is 0.102. The minimum Gasteiger partial charge on any atom is -0.382 e. The standard InChI is InChI=1S/C26H19N7OS/c1-33(20-6-2-5-19-17(20)4-3-10-29-19)21-8-7-15-12-28-11-9-16(15)22(21)32-26(34)18-13-35-24-23(18)30-14-31-25(24)27/h2-14H,1H3,(H,32,34)(H2,27,30,31). The summed E-state index contributed by atoms with van der Waals surface area (Å²) in [7, 11) is 1.98. The Morgan fingerprint density at radius 3 is 2.80 bits per heavy atom. The van der Waals surface area contributed by atoms with Gasteiger partial charge in [0.25, 0.3) is 5.91 Å². The third-order valence-electron chi connectivity index (χ3n) is 6.01. The van der Waals surface area contributed by atoms with Gasteiger partial charge in [-0.3, -0.25) is 14.8 Å². The molecule has 0 aliphatic rings. The topological polar surface area (TPSA) is 110 Å². The summed E-state index contributed by atoms with van der Waals surface area (Å²) in [6, 6.07) is 15.9. The number of nitrogens with one attached hydrogen (secondary N) is 1. The molecule has 0 unspecified atom stereocenters. The summed E-state index contributed by atoms with van der Waals surface area (Å²) in [4.78, 5) is 32.6. The number of hydrogen-bond donors (Lipinski definition) is 2. The van der Waals surface area contributed by atoms with E-state index in [0.717, 1.165) is 33.1 Å². The number of hydrogen-bond acceptors (Lipinski definition) is 8. The minimum atomic E-state index is -0.270. The van der Waals surface area contributed by atoms with Crippen molar-refractivity contribution >= 4 is 72.0 Å². The molecular weight excluding hydrogens is 458 g/mol. The second kappa shape index (κ2) is 8.30. The molecule has 0 saturated carbocycles. The molecule has 0 bridgehead atoms. The number of amides is 1. The maximum absolute atomic E-state index is 13.5. The van der Waals surface area contributed by atoms with Crippen molar-refractivity contribution in [1.29, 1.82) is 0 Å². The zero-order chi connectivity index (χ0) is 23.9. The fourth-order valence-electron chi connectivity index (χ4n) is 4.29. The highest BCUT2D eigenvalue weighted by Gasteiger charge is 2.20. The molecule has 3 N–H and O–H groups in total. The number of rotatable bonds is 4. The van der Waals surface area contributed by atoms with Gasteiger partial charge in [-0.1, -0.05) is 12.1 Å². The van der Waals surface area contributed by atoms with E-state index in [4.69, 9.17) is 5.73 Å². The van der Waals surface area contributed by atoms with Crippen LogP contribution in [0.5, 0.6) is 0 Å². The summed E-state index contributed by atoms with van der Waals surface area (Å²) in [6.07, 6.45) is 6.66. The third-order valence-corrected chi connectivity index (χ3v) is 7.00. The molecule has 9 heteroatoms. The van der Waals surface area contributed by atoms with Gasteiger partial charge in [-0.25, -0.2) is 9.97 Å². The monoisotopic (exact) mass is 477 g/mol. The van der Waals surface area contributed by atoms with Crippen LogP contribution in [0, 0.1) is 0 Å². The molecule has 0 atom stereocenters. The fourth-order valence-corrected chi connectivity index (χ4v) is 5.19. The summed E-state index contributed by atoms with van der Waals surface area (Å²) in [5.74, 6) is 0.0909. The van der Waals surface area contributed by atoms with Crippen molar-refractivity contribution in [2.24, 2.45) is 0 Å². The fraction of sp³-hybridized carbons (Fsp3) is 0.0385. The van der Waals surface area contributed by atoms with Crippen molar-refractivity contribution in [1.82, 2.24) is 19.9 Å². The summed E-state index contributed by atoms with van der Waals surface area (Å²) >= 11 is 1.35. The first-order valence-electron chi connectivity index (χ1n) is 10.8. The number of fused-ring (bicyclic) bond motifs is 3. The Morgan fingerprint density at radius 2 is 1.89 bits per heavy atom. The molecule has 0 spiro atoms. The second-order valence-corrected chi connectivity index (χ2v) is 8.88. The number of thiophene rings is 1. The van der Waals surface area contributed by atoms with Gasteiger partial charge in [-0.05, 0) is 36.4 Å². The third kappa shape index (κ3) is 3.49. The van der Waals surface area contributed by atoms with E-state index in [1.807, 2.05) is 55.6 Å². The summed E-state index contributed by atoms with van der Waals surface area (Å²) in [6.45, 7) is 0. The van der Waals surface area contributed by atoms with Crippen LogP contribution in [0.15, 0.2) is 78.8 Å². The molecule has 35 heavy (non-hydrogen) atoms. The van der Waals surface area contributed by atoms with Crippen molar-refractivity contribution < 1.29 is 4.79 Å². The summed E-state index contributed by atoms with van der Waals surface area (Å²) in [5.41, 5.74) is 10.4. The Labute approximate surface area is 204 Å².